The number of hydrogen-bond acceptors (Lipinski definition) is 9. The van der Waals surface area contributed by atoms with Gasteiger partial charge in [-0.2, -0.15) is 15.0 Å². The number of anilines is 1. The number of aryl methyl sites for hydroxylation is 1. The molecule has 0 radical (unpaired) electrons. The van der Waals surface area contributed by atoms with E-state index >= 15 is 0 Å². The summed E-state index contributed by atoms with van der Waals surface area (Å²) in [5, 5.41) is 2.24. The van der Waals surface area contributed by atoms with Crippen molar-refractivity contribution in [2.24, 2.45) is 0 Å². The second-order valence-corrected chi connectivity index (χ2v) is 7.93. The Labute approximate surface area is 161 Å². The Morgan fingerprint density at radius 3 is 2.56 bits per heavy atom. The fraction of sp³-hybridized carbons (Fsp3) is 0.333. The Hall–Kier alpha value is -2.60. The van der Waals surface area contributed by atoms with Gasteiger partial charge in [0.1, 0.15) is 10.7 Å². The Balaban J connectivity index is 2.25. The van der Waals surface area contributed by atoms with Crippen molar-refractivity contribution in [2.45, 2.75) is 23.6 Å². The maximum atomic E-state index is 12.6. The molecule has 0 saturated heterocycles. The van der Waals surface area contributed by atoms with Crippen LogP contribution in [0.5, 0.6) is 11.8 Å². The minimum atomic E-state index is -4.19. The maximum Gasteiger partial charge on any atom is 0.335 e. The zero-order chi connectivity index (χ0) is 20.0. The number of thioether (sulfide) groups is 1. The minimum absolute atomic E-state index is 0.00776. The first-order chi connectivity index (χ1) is 12.8. The molecule has 146 valence electrons. The lowest BCUT2D eigenvalue weighted by Crippen LogP contribution is -2.35. The number of benzene rings is 1. The van der Waals surface area contributed by atoms with Gasteiger partial charge in [0.05, 0.1) is 19.1 Å². The van der Waals surface area contributed by atoms with Crippen LogP contribution in [-0.2, 0) is 10.0 Å². The highest BCUT2D eigenvalue weighted by atomic mass is 32.2. The highest BCUT2D eigenvalue weighted by Crippen LogP contribution is 2.34. The van der Waals surface area contributed by atoms with E-state index in [4.69, 9.17) is 9.47 Å². The quantitative estimate of drug-likeness (QED) is 0.652. The number of sulfonamides is 1. The van der Waals surface area contributed by atoms with Crippen LogP contribution in [0, 0.1) is 6.92 Å². The molecule has 2 amide bonds. The summed E-state index contributed by atoms with van der Waals surface area (Å²) in [6.45, 7) is 3.51. The third-order valence-electron chi connectivity index (χ3n) is 3.10. The van der Waals surface area contributed by atoms with Crippen LogP contribution in [0.25, 0.3) is 0 Å². The van der Waals surface area contributed by atoms with E-state index in [1.807, 2.05) is 11.6 Å². The van der Waals surface area contributed by atoms with E-state index in [0.717, 1.165) is 5.75 Å². The Kier molecular flexibility index (Phi) is 6.80. The van der Waals surface area contributed by atoms with Gasteiger partial charge < -0.3 is 9.47 Å². The molecule has 0 bridgehead atoms. The number of methoxy groups -OCH3 is 2. The van der Waals surface area contributed by atoms with Crippen molar-refractivity contribution in [3.05, 3.63) is 24.0 Å². The molecular formula is C15H19N5O5S2. The summed E-state index contributed by atoms with van der Waals surface area (Å²) < 4.78 is 37.3. The average molecular weight is 413 g/mol. The third-order valence-corrected chi connectivity index (χ3v) is 5.37. The molecule has 1 aromatic carbocycles. The molecule has 2 aromatic rings. The van der Waals surface area contributed by atoms with E-state index in [-0.39, 0.29) is 22.6 Å². The van der Waals surface area contributed by atoms with E-state index in [9.17, 15) is 13.2 Å². The minimum Gasteiger partial charge on any atom is -0.494 e. The van der Waals surface area contributed by atoms with Crippen LogP contribution >= 0.6 is 11.8 Å². The molecule has 0 aliphatic heterocycles. The summed E-state index contributed by atoms with van der Waals surface area (Å²) in [4.78, 5) is 24.2. The number of nitrogens with zero attached hydrogens (tertiary/aromatic N) is 3. The predicted octanol–water partition coefficient (Wildman–Crippen LogP) is 1.82. The zero-order valence-electron chi connectivity index (χ0n) is 15.1. The van der Waals surface area contributed by atoms with Gasteiger partial charge in [-0.15, -0.1) is 11.8 Å². The molecule has 10 nitrogen and oxygen atoms in total. The van der Waals surface area contributed by atoms with Crippen molar-refractivity contribution in [1.82, 2.24) is 19.7 Å². The molecule has 1 aromatic heterocycles. The highest BCUT2D eigenvalue weighted by molar-refractivity contribution is 7.99. The van der Waals surface area contributed by atoms with Crippen LogP contribution in [0.4, 0.5) is 10.7 Å². The topological polar surface area (TPSA) is 132 Å². The molecule has 0 spiro atoms. The van der Waals surface area contributed by atoms with Gasteiger partial charge in [-0.25, -0.2) is 17.9 Å². The summed E-state index contributed by atoms with van der Waals surface area (Å²) >= 11 is 1.43. The van der Waals surface area contributed by atoms with Gasteiger partial charge in [-0.3, -0.25) is 5.32 Å². The van der Waals surface area contributed by atoms with Gasteiger partial charge in [-0.05, 0) is 24.8 Å². The van der Waals surface area contributed by atoms with Crippen LogP contribution in [0.3, 0.4) is 0 Å². The van der Waals surface area contributed by atoms with E-state index in [1.165, 1.54) is 32.0 Å². The van der Waals surface area contributed by atoms with Crippen LogP contribution in [0.2, 0.25) is 0 Å². The summed E-state index contributed by atoms with van der Waals surface area (Å²) in [7, 11) is -1.46. The summed E-state index contributed by atoms with van der Waals surface area (Å²) in [6.07, 6.45) is 0. The molecule has 0 aliphatic carbocycles. The number of aromatic nitrogens is 3. The summed E-state index contributed by atoms with van der Waals surface area (Å²) in [5.41, 5.74) is 0. The van der Waals surface area contributed by atoms with Gasteiger partial charge >= 0.3 is 12.0 Å². The smallest absolute Gasteiger partial charge is 0.335 e. The van der Waals surface area contributed by atoms with Gasteiger partial charge in [0.25, 0.3) is 10.0 Å². The standard InChI is InChI=1S/C15H19N5O5S2/c1-5-26-10-7-6-8-11(12(10)24-3)27(22,23)20-14(21)18-13-16-9(2)17-15(19-13)25-4/h6-8H,5H2,1-4H3,(H2,16,17,18,19,20,21). The lowest BCUT2D eigenvalue weighted by atomic mass is 10.3. The SMILES string of the molecule is CCSc1cccc(S(=O)(=O)NC(=O)Nc2nc(C)nc(OC)n2)c1OC. The average Bonchev–Trinajstić information content (AvgIpc) is 2.60. The van der Waals surface area contributed by atoms with Crippen molar-refractivity contribution < 1.29 is 22.7 Å². The molecule has 2 rings (SSSR count). The first kappa shape index (κ1) is 20.7. The zero-order valence-corrected chi connectivity index (χ0v) is 16.8. The lowest BCUT2D eigenvalue weighted by Gasteiger charge is -2.14. The normalized spacial score (nSPS) is 11.0. The molecular weight excluding hydrogens is 394 g/mol. The Morgan fingerprint density at radius 1 is 1.19 bits per heavy atom. The van der Waals surface area contributed by atoms with Gasteiger partial charge in [-0.1, -0.05) is 13.0 Å². The first-order valence-electron chi connectivity index (χ1n) is 7.71. The number of ether oxygens (including phenoxy) is 2. The number of hydrogen-bond donors (Lipinski definition) is 2. The third kappa shape index (κ3) is 5.20. The van der Waals surface area contributed by atoms with Crippen LogP contribution < -0.4 is 19.5 Å². The number of urea groups is 1. The summed E-state index contributed by atoms with van der Waals surface area (Å²) in [6, 6.07) is 3.63. The molecule has 27 heavy (non-hydrogen) atoms. The maximum absolute atomic E-state index is 12.6. The molecule has 1 heterocycles. The van der Waals surface area contributed by atoms with Crippen molar-refractivity contribution in [3.63, 3.8) is 0 Å². The van der Waals surface area contributed by atoms with Crippen molar-refractivity contribution >= 4 is 33.8 Å². The largest absolute Gasteiger partial charge is 0.494 e. The van der Waals surface area contributed by atoms with Crippen molar-refractivity contribution in [3.8, 4) is 11.8 Å². The second-order valence-electron chi connectivity index (χ2n) is 4.97. The van der Waals surface area contributed by atoms with Crippen LogP contribution in [0.15, 0.2) is 28.0 Å². The molecule has 0 unspecified atom stereocenters. The molecule has 0 saturated carbocycles. The number of nitrogens with one attached hydrogen (secondary N) is 2. The van der Waals surface area contributed by atoms with Gasteiger partial charge in [0, 0.05) is 0 Å². The fourth-order valence-electron chi connectivity index (χ4n) is 2.09. The molecule has 0 atom stereocenters. The van der Waals surface area contributed by atoms with E-state index < -0.39 is 16.1 Å². The monoisotopic (exact) mass is 413 g/mol. The fourth-order valence-corrected chi connectivity index (χ4v) is 4.06. The molecule has 0 aliphatic rings. The van der Waals surface area contributed by atoms with Crippen molar-refractivity contribution in [2.75, 3.05) is 25.3 Å². The van der Waals surface area contributed by atoms with E-state index in [2.05, 4.69) is 20.3 Å². The molecule has 2 N–H and O–H groups in total. The van der Waals surface area contributed by atoms with Gasteiger partial charge in [0.2, 0.25) is 5.95 Å². The summed E-state index contributed by atoms with van der Waals surface area (Å²) in [5.74, 6) is 1.05. The highest BCUT2D eigenvalue weighted by Gasteiger charge is 2.24. The molecule has 0 fully saturated rings. The van der Waals surface area contributed by atoms with Crippen LogP contribution in [-0.4, -0.2) is 49.4 Å². The second kappa shape index (κ2) is 8.86. The number of carbonyl (C=O) groups is 1. The number of rotatable bonds is 7. The van der Waals surface area contributed by atoms with Gasteiger partial charge in [0.15, 0.2) is 5.75 Å². The first-order valence-corrected chi connectivity index (χ1v) is 10.2. The van der Waals surface area contributed by atoms with Crippen molar-refractivity contribution in [1.29, 1.82) is 0 Å². The number of carbonyl (C=O) groups excluding carboxylic acids is 1. The predicted molar refractivity (Wildman–Crippen MR) is 99.8 cm³/mol. The van der Waals surface area contributed by atoms with E-state index in [1.54, 1.807) is 19.1 Å². The van der Waals surface area contributed by atoms with Crippen LogP contribution in [0.1, 0.15) is 12.7 Å². The number of para-hydroxylation sites is 1. The Bertz CT molecular complexity index is 936. The number of amides is 2. The Morgan fingerprint density at radius 2 is 1.93 bits per heavy atom. The molecule has 12 heteroatoms. The van der Waals surface area contributed by atoms with E-state index in [0.29, 0.717) is 10.7 Å². The lowest BCUT2D eigenvalue weighted by molar-refractivity contribution is 0.256.